The van der Waals surface area contributed by atoms with Gasteiger partial charge < -0.3 is 10.5 Å². The lowest BCUT2D eigenvalue weighted by atomic mass is 10.2. The molecular formula is C15H26N2O3S. The number of nitrogens with two attached hydrogens (primary N) is 1. The van der Waals surface area contributed by atoms with Gasteiger partial charge in [-0.15, -0.1) is 0 Å². The molecule has 0 bridgehead atoms. The van der Waals surface area contributed by atoms with Gasteiger partial charge in [0.25, 0.3) is 0 Å². The van der Waals surface area contributed by atoms with Crippen molar-refractivity contribution in [1.82, 2.24) is 4.72 Å². The van der Waals surface area contributed by atoms with E-state index in [0.717, 1.165) is 18.4 Å². The Balaban J connectivity index is 2.96. The molecule has 1 unspecified atom stereocenters. The molecule has 1 aromatic rings. The summed E-state index contributed by atoms with van der Waals surface area (Å²) in [6, 6.07) is 4.65. The number of hydrogen-bond acceptors (Lipinski definition) is 4. The molecule has 0 amide bonds. The van der Waals surface area contributed by atoms with Crippen LogP contribution in [0.5, 0.6) is 5.75 Å². The fraction of sp³-hybridized carbons (Fsp3) is 0.600. The van der Waals surface area contributed by atoms with E-state index in [2.05, 4.69) is 4.72 Å². The van der Waals surface area contributed by atoms with Crippen LogP contribution in [0.3, 0.4) is 0 Å². The molecule has 0 radical (unpaired) electrons. The number of rotatable bonds is 8. The highest BCUT2D eigenvalue weighted by atomic mass is 32.2. The fourth-order valence-electron chi connectivity index (χ4n) is 2.04. The van der Waals surface area contributed by atoms with Gasteiger partial charge in [0.1, 0.15) is 5.75 Å². The molecule has 21 heavy (non-hydrogen) atoms. The summed E-state index contributed by atoms with van der Waals surface area (Å²) in [7, 11) is -3.55. The predicted octanol–water partition coefficient (Wildman–Crippen LogP) is 2.19. The Kier molecular flexibility index (Phi) is 6.64. The predicted molar refractivity (Wildman–Crippen MR) is 85.0 cm³/mol. The maximum absolute atomic E-state index is 12.4. The molecule has 1 aromatic carbocycles. The van der Waals surface area contributed by atoms with E-state index < -0.39 is 10.0 Å². The van der Waals surface area contributed by atoms with Crippen molar-refractivity contribution in [2.45, 2.75) is 57.6 Å². The highest BCUT2D eigenvalue weighted by Crippen LogP contribution is 2.23. The average molecular weight is 314 g/mol. The van der Waals surface area contributed by atoms with Crippen molar-refractivity contribution in [2.24, 2.45) is 5.73 Å². The zero-order chi connectivity index (χ0) is 16.0. The first-order valence-electron chi connectivity index (χ1n) is 7.29. The Morgan fingerprint density at radius 3 is 2.48 bits per heavy atom. The van der Waals surface area contributed by atoms with Crippen molar-refractivity contribution in [3.63, 3.8) is 0 Å². The summed E-state index contributed by atoms with van der Waals surface area (Å²) in [4.78, 5) is 0.241. The van der Waals surface area contributed by atoms with E-state index in [-0.39, 0.29) is 17.0 Å². The molecule has 0 spiro atoms. The summed E-state index contributed by atoms with van der Waals surface area (Å²) in [6.45, 7) is 7.99. The van der Waals surface area contributed by atoms with Crippen LogP contribution < -0.4 is 15.2 Å². The van der Waals surface area contributed by atoms with Gasteiger partial charge in [-0.2, -0.15) is 0 Å². The standard InChI is InChI=1S/C15H26N2O3S/c1-5-6-13(10-16)17-21(18,19)14-7-8-15(12(4)9-14)20-11(2)3/h7-9,11,13,17H,5-6,10,16H2,1-4H3. The van der Waals surface area contributed by atoms with Gasteiger partial charge in [-0.05, 0) is 51.0 Å². The third kappa shape index (κ3) is 5.30. The van der Waals surface area contributed by atoms with Crippen molar-refractivity contribution in [3.05, 3.63) is 23.8 Å². The number of aryl methyl sites for hydroxylation is 1. The van der Waals surface area contributed by atoms with Crippen molar-refractivity contribution < 1.29 is 13.2 Å². The molecule has 0 aromatic heterocycles. The van der Waals surface area contributed by atoms with E-state index in [1.165, 1.54) is 0 Å². The zero-order valence-electron chi connectivity index (χ0n) is 13.2. The Bertz CT molecular complexity index is 556. The molecule has 5 nitrogen and oxygen atoms in total. The molecule has 0 heterocycles. The molecule has 6 heteroatoms. The number of nitrogens with one attached hydrogen (secondary N) is 1. The molecular weight excluding hydrogens is 288 g/mol. The van der Waals surface area contributed by atoms with E-state index in [9.17, 15) is 8.42 Å². The van der Waals surface area contributed by atoms with Crippen molar-refractivity contribution >= 4 is 10.0 Å². The van der Waals surface area contributed by atoms with Gasteiger partial charge in [0.05, 0.1) is 11.0 Å². The summed E-state index contributed by atoms with van der Waals surface area (Å²) in [5.74, 6) is 0.702. The lowest BCUT2D eigenvalue weighted by Gasteiger charge is -2.17. The monoisotopic (exact) mass is 314 g/mol. The molecule has 0 aliphatic carbocycles. The molecule has 1 atom stereocenters. The molecule has 0 aliphatic heterocycles. The maximum atomic E-state index is 12.4. The highest BCUT2D eigenvalue weighted by Gasteiger charge is 2.19. The second-order valence-corrected chi connectivity index (χ2v) is 7.15. The van der Waals surface area contributed by atoms with E-state index in [0.29, 0.717) is 12.3 Å². The van der Waals surface area contributed by atoms with E-state index in [1.807, 2.05) is 27.7 Å². The third-order valence-electron chi connectivity index (χ3n) is 3.06. The summed E-state index contributed by atoms with van der Waals surface area (Å²) in [6.07, 6.45) is 1.66. The van der Waals surface area contributed by atoms with Gasteiger partial charge in [-0.25, -0.2) is 13.1 Å². The van der Waals surface area contributed by atoms with Crippen LogP contribution in [-0.2, 0) is 10.0 Å². The summed E-state index contributed by atoms with van der Waals surface area (Å²) in [5.41, 5.74) is 6.40. The van der Waals surface area contributed by atoms with Crippen molar-refractivity contribution in [3.8, 4) is 5.75 Å². The van der Waals surface area contributed by atoms with E-state index >= 15 is 0 Å². The van der Waals surface area contributed by atoms with Crippen LogP contribution in [0.2, 0.25) is 0 Å². The van der Waals surface area contributed by atoms with Crippen LogP contribution >= 0.6 is 0 Å². The lowest BCUT2D eigenvalue weighted by molar-refractivity contribution is 0.240. The highest BCUT2D eigenvalue weighted by molar-refractivity contribution is 7.89. The van der Waals surface area contributed by atoms with Crippen LogP contribution in [0.15, 0.2) is 23.1 Å². The molecule has 0 aliphatic rings. The number of hydrogen-bond donors (Lipinski definition) is 2. The number of sulfonamides is 1. The zero-order valence-corrected chi connectivity index (χ0v) is 14.0. The summed E-state index contributed by atoms with van der Waals surface area (Å²) in [5, 5.41) is 0. The summed E-state index contributed by atoms with van der Waals surface area (Å²) < 4.78 is 33.0. The summed E-state index contributed by atoms with van der Waals surface area (Å²) >= 11 is 0. The van der Waals surface area contributed by atoms with Crippen LogP contribution in [-0.4, -0.2) is 27.1 Å². The minimum atomic E-state index is -3.55. The smallest absolute Gasteiger partial charge is 0.240 e. The van der Waals surface area contributed by atoms with Crippen LogP contribution in [0.25, 0.3) is 0 Å². The molecule has 0 saturated heterocycles. The van der Waals surface area contributed by atoms with Gasteiger partial charge in [0, 0.05) is 12.6 Å². The molecule has 1 rings (SSSR count). The molecule has 3 N–H and O–H groups in total. The molecule has 120 valence electrons. The van der Waals surface area contributed by atoms with Gasteiger partial charge in [-0.3, -0.25) is 0 Å². The Morgan fingerprint density at radius 1 is 1.33 bits per heavy atom. The first kappa shape index (κ1) is 17.9. The Morgan fingerprint density at radius 2 is 2.00 bits per heavy atom. The Labute approximate surface area is 127 Å². The second kappa shape index (κ2) is 7.77. The van der Waals surface area contributed by atoms with Crippen LogP contribution in [0.1, 0.15) is 39.2 Å². The second-order valence-electron chi connectivity index (χ2n) is 5.44. The van der Waals surface area contributed by atoms with Crippen molar-refractivity contribution in [1.29, 1.82) is 0 Å². The van der Waals surface area contributed by atoms with Gasteiger partial charge in [-0.1, -0.05) is 13.3 Å². The quantitative estimate of drug-likeness (QED) is 0.770. The lowest BCUT2D eigenvalue weighted by Crippen LogP contribution is -2.40. The van der Waals surface area contributed by atoms with Crippen LogP contribution in [0, 0.1) is 6.92 Å². The molecule has 0 fully saturated rings. The minimum Gasteiger partial charge on any atom is -0.491 e. The van der Waals surface area contributed by atoms with E-state index in [4.69, 9.17) is 10.5 Å². The minimum absolute atomic E-state index is 0.0513. The van der Waals surface area contributed by atoms with Gasteiger partial charge in [0.15, 0.2) is 0 Å². The van der Waals surface area contributed by atoms with Gasteiger partial charge in [0.2, 0.25) is 10.0 Å². The first-order valence-corrected chi connectivity index (χ1v) is 8.78. The number of benzene rings is 1. The normalized spacial score (nSPS) is 13.4. The maximum Gasteiger partial charge on any atom is 0.240 e. The average Bonchev–Trinajstić information content (AvgIpc) is 2.39. The first-order chi connectivity index (χ1) is 9.80. The van der Waals surface area contributed by atoms with Gasteiger partial charge >= 0.3 is 0 Å². The number of ether oxygens (including phenoxy) is 1. The van der Waals surface area contributed by atoms with Crippen molar-refractivity contribution in [2.75, 3.05) is 6.54 Å². The third-order valence-corrected chi connectivity index (χ3v) is 4.58. The largest absolute Gasteiger partial charge is 0.491 e. The van der Waals surface area contributed by atoms with E-state index in [1.54, 1.807) is 18.2 Å². The Hall–Kier alpha value is -1.11. The fourth-order valence-corrected chi connectivity index (χ4v) is 3.40. The SMILES string of the molecule is CCCC(CN)NS(=O)(=O)c1ccc(OC(C)C)c(C)c1. The molecule has 0 saturated carbocycles. The van der Waals surface area contributed by atoms with Crippen LogP contribution in [0.4, 0.5) is 0 Å². The topological polar surface area (TPSA) is 81.4 Å².